The Morgan fingerprint density at radius 2 is 2.10 bits per heavy atom. The number of amides is 1. The van der Waals surface area contributed by atoms with Crippen LogP contribution in [0.15, 0.2) is 12.1 Å². The van der Waals surface area contributed by atoms with Crippen molar-refractivity contribution in [2.45, 2.75) is 31.8 Å². The van der Waals surface area contributed by atoms with Crippen LogP contribution in [0.4, 0.5) is 4.39 Å². The van der Waals surface area contributed by atoms with Gasteiger partial charge >= 0.3 is 10.2 Å². The van der Waals surface area contributed by atoms with E-state index in [1.807, 2.05) is 4.72 Å². The van der Waals surface area contributed by atoms with Gasteiger partial charge in [-0.15, -0.1) is 0 Å². The Kier molecular flexibility index (Phi) is 7.33. The highest BCUT2D eigenvalue weighted by atomic mass is 35.5. The number of rotatable bonds is 7. The van der Waals surface area contributed by atoms with E-state index in [2.05, 4.69) is 0 Å². The fourth-order valence-electron chi connectivity index (χ4n) is 3.49. The van der Waals surface area contributed by atoms with Crippen molar-refractivity contribution in [1.82, 2.24) is 9.03 Å². The molecule has 1 atom stereocenters. The second kappa shape index (κ2) is 9.57. The first kappa shape index (κ1) is 22.2. The van der Waals surface area contributed by atoms with Crippen molar-refractivity contribution in [3.63, 3.8) is 0 Å². The molecule has 1 aliphatic heterocycles. The zero-order chi connectivity index (χ0) is 21.0. The lowest BCUT2D eigenvalue weighted by atomic mass is 10.1. The van der Waals surface area contributed by atoms with Gasteiger partial charge in [0.25, 0.3) is 5.91 Å². The molecular weight excluding hydrogens is 425 g/mol. The summed E-state index contributed by atoms with van der Waals surface area (Å²) in [5.41, 5.74) is 5.03. The van der Waals surface area contributed by atoms with Crippen molar-refractivity contribution in [2.24, 2.45) is 11.7 Å². The van der Waals surface area contributed by atoms with Crippen LogP contribution in [0.5, 0.6) is 5.75 Å². The standard InChI is InChI=1S/C18H25ClFN3O5S/c19-15-7-14(16(20)8-17(15)28-11-12-3-1-2-4-12)18(24)22-29(25,26)23-5-6-27-13(9-21)10-23/h7-8,12-13H,1-6,9-11,21H2,(H,22,24)/t13-/m1/s1. The zero-order valence-electron chi connectivity index (χ0n) is 15.9. The molecule has 0 aromatic heterocycles. The monoisotopic (exact) mass is 449 g/mol. The van der Waals surface area contributed by atoms with Crippen molar-refractivity contribution in [2.75, 3.05) is 32.8 Å². The van der Waals surface area contributed by atoms with E-state index in [9.17, 15) is 17.6 Å². The minimum absolute atomic E-state index is 0.0102. The fourth-order valence-corrected chi connectivity index (χ4v) is 4.86. The molecule has 29 heavy (non-hydrogen) atoms. The number of ether oxygens (including phenoxy) is 2. The average molecular weight is 450 g/mol. The topological polar surface area (TPSA) is 111 Å². The first-order valence-corrected chi connectivity index (χ1v) is 11.4. The molecule has 2 fully saturated rings. The minimum atomic E-state index is -4.18. The largest absolute Gasteiger partial charge is 0.492 e. The highest BCUT2D eigenvalue weighted by Gasteiger charge is 2.31. The summed E-state index contributed by atoms with van der Waals surface area (Å²) < 4.78 is 53.2. The molecule has 1 heterocycles. The Labute approximate surface area is 174 Å². The van der Waals surface area contributed by atoms with Crippen molar-refractivity contribution in [1.29, 1.82) is 0 Å². The molecule has 162 valence electrons. The summed E-state index contributed by atoms with van der Waals surface area (Å²) in [5, 5.41) is 0.0431. The summed E-state index contributed by atoms with van der Waals surface area (Å²) in [7, 11) is -4.18. The van der Waals surface area contributed by atoms with E-state index < -0.39 is 33.6 Å². The van der Waals surface area contributed by atoms with E-state index in [1.165, 1.54) is 0 Å². The molecule has 11 heteroatoms. The molecule has 1 amide bonds. The van der Waals surface area contributed by atoms with Crippen LogP contribution in [0, 0.1) is 11.7 Å². The third-order valence-corrected chi connectivity index (χ3v) is 6.89. The highest BCUT2D eigenvalue weighted by molar-refractivity contribution is 7.87. The van der Waals surface area contributed by atoms with Gasteiger partial charge in [0.15, 0.2) is 0 Å². The van der Waals surface area contributed by atoms with Crippen LogP contribution in [0.3, 0.4) is 0 Å². The molecule has 8 nitrogen and oxygen atoms in total. The van der Waals surface area contributed by atoms with Crippen LogP contribution in [0.25, 0.3) is 0 Å². The molecule has 3 rings (SSSR count). The number of nitrogens with two attached hydrogens (primary N) is 1. The summed E-state index contributed by atoms with van der Waals surface area (Å²) >= 11 is 6.13. The SMILES string of the molecule is NC[C@@H]1CN(S(=O)(=O)NC(=O)c2cc(Cl)c(OCC3CCCC3)cc2F)CCO1. The van der Waals surface area contributed by atoms with E-state index >= 15 is 0 Å². The maximum atomic E-state index is 14.5. The molecule has 1 saturated heterocycles. The molecule has 0 unspecified atom stereocenters. The molecule has 0 spiro atoms. The Morgan fingerprint density at radius 1 is 1.38 bits per heavy atom. The first-order valence-electron chi connectivity index (χ1n) is 9.56. The highest BCUT2D eigenvalue weighted by Crippen LogP contribution is 2.31. The van der Waals surface area contributed by atoms with Crippen LogP contribution < -0.4 is 15.2 Å². The lowest BCUT2D eigenvalue weighted by molar-refractivity contribution is 0.00414. The third kappa shape index (κ3) is 5.58. The molecule has 2 aliphatic rings. The molecular formula is C18H25ClFN3O5S. The van der Waals surface area contributed by atoms with Gasteiger partial charge in [-0.1, -0.05) is 24.4 Å². The van der Waals surface area contributed by atoms with Crippen molar-refractivity contribution >= 4 is 27.7 Å². The fraction of sp³-hybridized carbons (Fsp3) is 0.611. The van der Waals surface area contributed by atoms with E-state index in [0.29, 0.717) is 12.5 Å². The summed E-state index contributed by atoms with van der Waals surface area (Å²) in [6.45, 7) is 0.807. The maximum absolute atomic E-state index is 14.5. The van der Waals surface area contributed by atoms with Gasteiger partial charge in [-0.25, -0.2) is 9.11 Å². The number of halogens is 2. The van der Waals surface area contributed by atoms with Gasteiger partial charge in [-0.3, -0.25) is 4.79 Å². The Hall–Kier alpha value is -1.46. The van der Waals surface area contributed by atoms with Gasteiger partial charge in [0.2, 0.25) is 0 Å². The number of benzene rings is 1. The Balaban J connectivity index is 1.67. The van der Waals surface area contributed by atoms with Crippen molar-refractivity contribution < 1.29 is 27.1 Å². The van der Waals surface area contributed by atoms with Crippen LogP contribution >= 0.6 is 11.6 Å². The summed E-state index contributed by atoms with van der Waals surface area (Å²) in [6.07, 6.45) is 3.96. The molecule has 0 radical (unpaired) electrons. The van der Waals surface area contributed by atoms with Gasteiger partial charge in [0.05, 0.1) is 29.9 Å². The van der Waals surface area contributed by atoms with Crippen molar-refractivity contribution in [3.8, 4) is 5.75 Å². The summed E-state index contributed by atoms with van der Waals surface area (Å²) in [5.74, 6) is -1.48. The lowest BCUT2D eigenvalue weighted by Crippen LogP contribution is -2.52. The number of carbonyl (C=O) groups is 1. The molecule has 0 bridgehead atoms. The predicted molar refractivity (Wildman–Crippen MR) is 106 cm³/mol. The summed E-state index contributed by atoms with van der Waals surface area (Å²) in [6, 6.07) is 2.09. The number of morpholine rings is 1. The van der Waals surface area contributed by atoms with Crippen molar-refractivity contribution in [3.05, 3.63) is 28.5 Å². The number of nitrogens with one attached hydrogen (secondary N) is 1. The quantitative estimate of drug-likeness (QED) is 0.655. The van der Waals surface area contributed by atoms with Crippen LogP contribution in [0.1, 0.15) is 36.0 Å². The van der Waals surface area contributed by atoms with Crippen LogP contribution in [-0.4, -0.2) is 57.6 Å². The molecule has 1 aliphatic carbocycles. The predicted octanol–water partition coefficient (Wildman–Crippen LogP) is 1.68. The van der Waals surface area contributed by atoms with Gasteiger partial charge in [0, 0.05) is 25.7 Å². The molecule has 1 aromatic carbocycles. The number of hydrogen-bond acceptors (Lipinski definition) is 6. The van der Waals surface area contributed by atoms with E-state index in [4.69, 9.17) is 26.8 Å². The van der Waals surface area contributed by atoms with Gasteiger partial charge in [-0.05, 0) is 24.8 Å². The van der Waals surface area contributed by atoms with Crippen LogP contribution in [-0.2, 0) is 14.9 Å². The second-order valence-electron chi connectivity index (χ2n) is 7.25. The lowest BCUT2D eigenvalue weighted by Gasteiger charge is -2.31. The maximum Gasteiger partial charge on any atom is 0.304 e. The Bertz CT molecular complexity index is 848. The minimum Gasteiger partial charge on any atom is -0.492 e. The third-order valence-electron chi connectivity index (χ3n) is 5.14. The van der Waals surface area contributed by atoms with E-state index in [-0.39, 0.29) is 37.0 Å². The average Bonchev–Trinajstić information content (AvgIpc) is 3.21. The molecule has 1 aromatic rings. The normalized spacial score (nSPS) is 21.3. The van der Waals surface area contributed by atoms with Gasteiger partial charge in [0.1, 0.15) is 11.6 Å². The Morgan fingerprint density at radius 3 is 2.79 bits per heavy atom. The molecule has 1 saturated carbocycles. The van der Waals surface area contributed by atoms with Gasteiger partial charge in [-0.2, -0.15) is 12.7 Å². The van der Waals surface area contributed by atoms with E-state index in [0.717, 1.165) is 42.1 Å². The number of nitrogens with zero attached hydrogens (tertiary/aromatic N) is 1. The second-order valence-corrected chi connectivity index (χ2v) is 9.32. The zero-order valence-corrected chi connectivity index (χ0v) is 17.5. The summed E-state index contributed by atoms with van der Waals surface area (Å²) in [4.78, 5) is 12.4. The number of hydrogen-bond donors (Lipinski definition) is 2. The van der Waals surface area contributed by atoms with Gasteiger partial charge < -0.3 is 15.2 Å². The van der Waals surface area contributed by atoms with Crippen LogP contribution in [0.2, 0.25) is 5.02 Å². The first-order chi connectivity index (χ1) is 13.8. The smallest absolute Gasteiger partial charge is 0.304 e. The number of carbonyl (C=O) groups excluding carboxylic acids is 1. The molecule has 3 N–H and O–H groups in total. The van der Waals surface area contributed by atoms with E-state index in [1.54, 1.807) is 0 Å².